The summed E-state index contributed by atoms with van der Waals surface area (Å²) < 4.78 is 12.3. The molecule has 118 valence electrons. The fourth-order valence-electron chi connectivity index (χ4n) is 2.18. The Morgan fingerprint density at radius 3 is 2.61 bits per heavy atom. The number of benzene rings is 1. The Balaban J connectivity index is 1.84. The molecule has 3 rings (SSSR count). The molecule has 0 saturated heterocycles. The fraction of sp³-hybridized carbons (Fsp3) is 0.250. The first-order valence-electron chi connectivity index (χ1n) is 7.08. The summed E-state index contributed by atoms with van der Waals surface area (Å²) in [7, 11) is 0. The molecule has 7 nitrogen and oxygen atoms in total. The van der Waals surface area contributed by atoms with Crippen molar-refractivity contribution in [3.05, 3.63) is 48.9 Å². The molecule has 3 aromatic rings. The molecule has 0 aliphatic carbocycles. The second kappa shape index (κ2) is 5.68. The number of aromatic nitrogens is 4. The van der Waals surface area contributed by atoms with Crippen molar-refractivity contribution in [1.29, 1.82) is 0 Å². The van der Waals surface area contributed by atoms with Gasteiger partial charge in [-0.25, -0.2) is 4.98 Å². The third-order valence-electron chi connectivity index (χ3n) is 3.27. The highest BCUT2D eigenvalue weighted by Crippen LogP contribution is 2.26. The van der Waals surface area contributed by atoms with Crippen LogP contribution in [0.1, 0.15) is 26.7 Å². The second-order valence-electron chi connectivity index (χ2n) is 5.54. The van der Waals surface area contributed by atoms with E-state index in [1.165, 1.54) is 6.92 Å². The maximum atomic E-state index is 11.1. The number of carbonyl (C=O) groups is 1. The third kappa shape index (κ3) is 3.13. The summed E-state index contributed by atoms with van der Waals surface area (Å²) in [6.45, 7) is 4.75. The molecule has 0 spiro atoms. The van der Waals surface area contributed by atoms with Crippen LogP contribution in [0.3, 0.4) is 0 Å². The number of carbonyl (C=O) groups excluding carboxylic acids is 1. The van der Waals surface area contributed by atoms with Crippen molar-refractivity contribution in [3.63, 3.8) is 0 Å². The molecule has 1 aromatic carbocycles. The van der Waals surface area contributed by atoms with Crippen molar-refractivity contribution in [2.75, 3.05) is 0 Å². The average Bonchev–Trinajstić information content (AvgIpc) is 3.18. The van der Waals surface area contributed by atoms with Crippen LogP contribution in [0, 0.1) is 0 Å². The predicted octanol–water partition coefficient (Wildman–Crippen LogP) is 2.72. The highest BCUT2D eigenvalue weighted by Gasteiger charge is 2.31. The van der Waals surface area contributed by atoms with Crippen LogP contribution in [0.25, 0.3) is 17.1 Å². The molecule has 0 unspecified atom stereocenters. The predicted molar refractivity (Wildman–Crippen MR) is 81.6 cm³/mol. The fourth-order valence-corrected chi connectivity index (χ4v) is 2.18. The molecule has 0 bridgehead atoms. The van der Waals surface area contributed by atoms with Crippen molar-refractivity contribution in [2.24, 2.45) is 0 Å². The Hall–Kier alpha value is -2.96. The smallest absolute Gasteiger partial charge is 0.303 e. The van der Waals surface area contributed by atoms with Crippen molar-refractivity contribution in [2.45, 2.75) is 26.4 Å². The molecule has 0 amide bonds. The van der Waals surface area contributed by atoms with Crippen molar-refractivity contribution in [3.8, 4) is 17.1 Å². The second-order valence-corrected chi connectivity index (χ2v) is 5.54. The lowest BCUT2D eigenvalue weighted by Crippen LogP contribution is -2.24. The van der Waals surface area contributed by atoms with E-state index in [1.807, 2.05) is 35.0 Å². The summed E-state index contributed by atoms with van der Waals surface area (Å²) in [4.78, 5) is 19.5. The highest BCUT2D eigenvalue weighted by atomic mass is 16.6. The summed E-state index contributed by atoms with van der Waals surface area (Å²) >= 11 is 0. The molecule has 2 heterocycles. The molecule has 0 saturated carbocycles. The first-order valence-corrected chi connectivity index (χ1v) is 7.08. The first-order chi connectivity index (χ1) is 11.0. The molecular weight excluding hydrogens is 296 g/mol. The summed E-state index contributed by atoms with van der Waals surface area (Å²) in [5.74, 6) is 0.290. The lowest BCUT2D eigenvalue weighted by atomic mass is 10.1. The van der Waals surface area contributed by atoms with Gasteiger partial charge in [-0.3, -0.25) is 4.79 Å². The summed E-state index contributed by atoms with van der Waals surface area (Å²) in [6.07, 6.45) is 5.31. The first kappa shape index (κ1) is 15.0. The molecule has 0 aliphatic rings. The monoisotopic (exact) mass is 312 g/mol. The van der Waals surface area contributed by atoms with Gasteiger partial charge in [0.1, 0.15) is 0 Å². The van der Waals surface area contributed by atoms with E-state index in [-0.39, 0.29) is 5.89 Å². The number of ether oxygens (including phenoxy) is 1. The quantitative estimate of drug-likeness (QED) is 0.689. The van der Waals surface area contributed by atoms with Gasteiger partial charge in [0, 0.05) is 30.6 Å². The van der Waals surface area contributed by atoms with E-state index in [0.29, 0.717) is 5.82 Å². The number of esters is 1. The third-order valence-corrected chi connectivity index (χ3v) is 3.27. The summed E-state index contributed by atoms with van der Waals surface area (Å²) in [5, 5.41) is 3.96. The Morgan fingerprint density at radius 1 is 1.26 bits per heavy atom. The van der Waals surface area contributed by atoms with Gasteiger partial charge in [0.25, 0.3) is 5.89 Å². The minimum absolute atomic E-state index is 0.251. The summed E-state index contributed by atoms with van der Waals surface area (Å²) in [5.41, 5.74) is 0.825. The molecule has 7 heteroatoms. The zero-order valence-electron chi connectivity index (χ0n) is 13.1. The van der Waals surface area contributed by atoms with Crippen LogP contribution >= 0.6 is 0 Å². The van der Waals surface area contributed by atoms with E-state index < -0.39 is 11.6 Å². The highest BCUT2D eigenvalue weighted by molar-refractivity contribution is 5.66. The number of nitrogens with zero attached hydrogens (tertiary/aromatic N) is 4. The van der Waals surface area contributed by atoms with Gasteiger partial charge < -0.3 is 13.8 Å². The molecule has 2 aromatic heterocycles. The van der Waals surface area contributed by atoms with Crippen LogP contribution in [-0.4, -0.2) is 25.7 Å². The lowest BCUT2D eigenvalue weighted by molar-refractivity contribution is -0.157. The normalized spacial score (nSPS) is 11.4. The van der Waals surface area contributed by atoms with Crippen LogP contribution in [0.15, 0.2) is 47.5 Å². The molecule has 23 heavy (non-hydrogen) atoms. The average molecular weight is 312 g/mol. The molecule has 0 N–H and O–H groups in total. The van der Waals surface area contributed by atoms with Gasteiger partial charge in [0.05, 0.1) is 6.33 Å². The lowest BCUT2D eigenvalue weighted by Gasteiger charge is -2.19. The van der Waals surface area contributed by atoms with Crippen LogP contribution < -0.4 is 0 Å². The van der Waals surface area contributed by atoms with Crippen LogP contribution in [0.2, 0.25) is 0 Å². The van der Waals surface area contributed by atoms with Crippen molar-refractivity contribution >= 4 is 5.97 Å². The largest absolute Gasteiger partial charge is 0.450 e. The van der Waals surface area contributed by atoms with E-state index >= 15 is 0 Å². The van der Waals surface area contributed by atoms with E-state index in [1.54, 1.807) is 26.4 Å². The Morgan fingerprint density at radius 2 is 2.00 bits per heavy atom. The summed E-state index contributed by atoms with van der Waals surface area (Å²) in [6, 6.07) is 7.65. The Kier molecular flexibility index (Phi) is 3.69. The van der Waals surface area contributed by atoms with Gasteiger partial charge in [-0.15, -0.1) is 0 Å². The van der Waals surface area contributed by atoms with Crippen LogP contribution in [0.5, 0.6) is 0 Å². The van der Waals surface area contributed by atoms with E-state index in [9.17, 15) is 4.79 Å². The van der Waals surface area contributed by atoms with Gasteiger partial charge in [-0.1, -0.05) is 5.16 Å². The number of hydrogen-bond acceptors (Lipinski definition) is 6. The Labute approximate surface area is 132 Å². The van der Waals surface area contributed by atoms with E-state index in [4.69, 9.17) is 9.26 Å². The SMILES string of the molecule is CC(=O)OC(C)(C)c1nc(-c2ccc(-n3ccnc3)cc2)no1. The van der Waals surface area contributed by atoms with Crippen LogP contribution in [0.4, 0.5) is 0 Å². The van der Waals surface area contributed by atoms with Crippen LogP contribution in [-0.2, 0) is 15.1 Å². The van der Waals surface area contributed by atoms with E-state index in [2.05, 4.69) is 15.1 Å². The minimum atomic E-state index is -0.964. The standard InChI is InChI=1S/C16H16N4O3/c1-11(21)22-16(2,3)15-18-14(19-23-15)12-4-6-13(7-5-12)20-9-8-17-10-20/h4-10H,1-3H3. The maximum absolute atomic E-state index is 11.1. The minimum Gasteiger partial charge on any atom is -0.450 e. The molecule has 0 aliphatic heterocycles. The van der Waals surface area contributed by atoms with Gasteiger partial charge in [-0.2, -0.15) is 4.98 Å². The Bertz CT molecular complexity index is 804. The maximum Gasteiger partial charge on any atom is 0.303 e. The van der Waals surface area contributed by atoms with Gasteiger partial charge >= 0.3 is 5.97 Å². The molecule has 0 fully saturated rings. The molecular formula is C16H16N4O3. The van der Waals surface area contributed by atoms with Gasteiger partial charge in [0.2, 0.25) is 5.82 Å². The number of imidazole rings is 1. The van der Waals surface area contributed by atoms with Gasteiger partial charge in [-0.05, 0) is 38.1 Å². The molecule has 0 radical (unpaired) electrons. The topological polar surface area (TPSA) is 83.0 Å². The van der Waals surface area contributed by atoms with E-state index in [0.717, 1.165) is 11.3 Å². The van der Waals surface area contributed by atoms with Crippen molar-refractivity contribution in [1.82, 2.24) is 19.7 Å². The number of hydrogen-bond donors (Lipinski definition) is 0. The zero-order chi connectivity index (χ0) is 16.4. The number of rotatable bonds is 4. The zero-order valence-corrected chi connectivity index (χ0v) is 13.1. The molecule has 0 atom stereocenters. The van der Waals surface area contributed by atoms with Crippen molar-refractivity contribution < 1.29 is 14.1 Å². The van der Waals surface area contributed by atoms with Gasteiger partial charge in [0.15, 0.2) is 5.60 Å².